The Bertz CT molecular complexity index is 370. The predicted octanol–water partition coefficient (Wildman–Crippen LogP) is 0.612. The van der Waals surface area contributed by atoms with Crippen LogP contribution in [0.4, 0.5) is 0 Å². The molecule has 1 saturated carbocycles. The summed E-state index contributed by atoms with van der Waals surface area (Å²) < 4.78 is 0. The van der Waals surface area contributed by atoms with E-state index in [0.29, 0.717) is 19.5 Å². The number of carbonyl (C=O) groups is 1. The number of aromatic nitrogens is 2. The highest BCUT2D eigenvalue weighted by Gasteiger charge is 2.37. The standard InChI is InChI=1S/C12H18N4O/c13-8-12(3-1-4-12)6-11(17)15-7-10-2-5-14-9-16-10/h2,5,9H,1,3-4,6-8,13H2,(H,15,17). The molecule has 1 aromatic rings. The van der Waals surface area contributed by atoms with Gasteiger partial charge in [0.25, 0.3) is 0 Å². The molecule has 2 rings (SSSR count). The van der Waals surface area contributed by atoms with Gasteiger partial charge in [0.1, 0.15) is 6.33 Å². The predicted molar refractivity (Wildman–Crippen MR) is 63.8 cm³/mol. The van der Waals surface area contributed by atoms with Crippen molar-refractivity contribution in [3.8, 4) is 0 Å². The number of nitrogens with one attached hydrogen (secondary N) is 1. The summed E-state index contributed by atoms with van der Waals surface area (Å²) in [4.78, 5) is 19.7. The van der Waals surface area contributed by atoms with Gasteiger partial charge >= 0.3 is 0 Å². The maximum atomic E-state index is 11.8. The van der Waals surface area contributed by atoms with Crippen molar-refractivity contribution in [3.63, 3.8) is 0 Å². The van der Waals surface area contributed by atoms with Crippen molar-refractivity contribution >= 4 is 5.91 Å². The van der Waals surface area contributed by atoms with Crippen LogP contribution in [0.25, 0.3) is 0 Å². The van der Waals surface area contributed by atoms with E-state index in [1.807, 2.05) is 0 Å². The molecule has 1 heterocycles. The Kier molecular flexibility index (Phi) is 3.68. The van der Waals surface area contributed by atoms with Crippen LogP contribution >= 0.6 is 0 Å². The second-order valence-corrected chi connectivity index (χ2v) is 4.71. The van der Waals surface area contributed by atoms with E-state index in [2.05, 4.69) is 15.3 Å². The normalized spacial score (nSPS) is 17.2. The SMILES string of the molecule is NCC1(CC(=O)NCc2ccncn2)CCC1. The van der Waals surface area contributed by atoms with Gasteiger partial charge in [-0.3, -0.25) is 4.79 Å². The summed E-state index contributed by atoms with van der Waals surface area (Å²) in [5.74, 6) is 0.0637. The van der Waals surface area contributed by atoms with Crippen molar-refractivity contribution in [2.24, 2.45) is 11.1 Å². The van der Waals surface area contributed by atoms with Crippen LogP contribution in [0.2, 0.25) is 0 Å². The van der Waals surface area contributed by atoms with Crippen LogP contribution in [-0.4, -0.2) is 22.4 Å². The number of hydrogen-bond donors (Lipinski definition) is 2. The number of nitrogens with zero attached hydrogens (tertiary/aromatic N) is 2. The van der Waals surface area contributed by atoms with Crippen LogP contribution < -0.4 is 11.1 Å². The van der Waals surface area contributed by atoms with Crippen molar-refractivity contribution in [2.45, 2.75) is 32.2 Å². The first-order valence-electron chi connectivity index (χ1n) is 5.96. The molecule has 1 aliphatic rings. The molecule has 0 aromatic carbocycles. The summed E-state index contributed by atoms with van der Waals surface area (Å²) in [6.45, 7) is 1.07. The van der Waals surface area contributed by atoms with Crippen molar-refractivity contribution in [1.29, 1.82) is 0 Å². The second-order valence-electron chi connectivity index (χ2n) is 4.71. The molecule has 1 amide bonds. The summed E-state index contributed by atoms with van der Waals surface area (Å²) in [5.41, 5.74) is 6.61. The van der Waals surface area contributed by atoms with Crippen molar-refractivity contribution in [2.75, 3.05) is 6.54 Å². The number of amides is 1. The van der Waals surface area contributed by atoms with E-state index in [1.54, 1.807) is 12.3 Å². The monoisotopic (exact) mass is 234 g/mol. The van der Waals surface area contributed by atoms with Gasteiger partial charge in [0, 0.05) is 12.6 Å². The Labute approximate surface area is 101 Å². The van der Waals surface area contributed by atoms with Gasteiger partial charge in [0.05, 0.1) is 12.2 Å². The maximum absolute atomic E-state index is 11.8. The van der Waals surface area contributed by atoms with E-state index in [1.165, 1.54) is 12.7 Å². The zero-order chi connectivity index (χ0) is 12.1. The third-order valence-corrected chi connectivity index (χ3v) is 3.49. The van der Waals surface area contributed by atoms with Gasteiger partial charge < -0.3 is 11.1 Å². The fraction of sp³-hybridized carbons (Fsp3) is 0.583. The summed E-state index contributed by atoms with van der Waals surface area (Å²) in [7, 11) is 0. The molecular formula is C12H18N4O. The van der Waals surface area contributed by atoms with E-state index in [4.69, 9.17) is 5.73 Å². The zero-order valence-corrected chi connectivity index (χ0v) is 9.85. The molecule has 1 fully saturated rings. The van der Waals surface area contributed by atoms with Crippen LogP contribution in [0, 0.1) is 5.41 Å². The first-order chi connectivity index (χ1) is 8.24. The molecule has 1 aliphatic carbocycles. The second kappa shape index (κ2) is 5.23. The Morgan fingerprint density at radius 2 is 2.35 bits per heavy atom. The van der Waals surface area contributed by atoms with Gasteiger partial charge in [0.2, 0.25) is 5.91 Å². The number of hydrogen-bond acceptors (Lipinski definition) is 4. The van der Waals surface area contributed by atoms with Gasteiger partial charge in [-0.15, -0.1) is 0 Å². The minimum absolute atomic E-state index is 0.0637. The number of carbonyl (C=O) groups excluding carboxylic acids is 1. The first-order valence-corrected chi connectivity index (χ1v) is 5.96. The molecule has 0 atom stereocenters. The molecule has 92 valence electrons. The molecule has 0 spiro atoms. The molecule has 0 radical (unpaired) electrons. The molecule has 0 saturated heterocycles. The highest BCUT2D eigenvalue weighted by atomic mass is 16.1. The smallest absolute Gasteiger partial charge is 0.220 e. The quantitative estimate of drug-likeness (QED) is 0.782. The minimum atomic E-state index is 0.0637. The summed E-state index contributed by atoms with van der Waals surface area (Å²) in [5, 5.41) is 2.87. The molecule has 0 aliphatic heterocycles. The Balaban J connectivity index is 1.78. The molecule has 3 N–H and O–H groups in total. The lowest BCUT2D eigenvalue weighted by Gasteiger charge is -2.40. The van der Waals surface area contributed by atoms with Crippen LogP contribution in [0.5, 0.6) is 0 Å². The van der Waals surface area contributed by atoms with Crippen LogP contribution in [0.15, 0.2) is 18.6 Å². The van der Waals surface area contributed by atoms with E-state index in [0.717, 1.165) is 18.5 Å². The molecule has 1 aromatic heterocycles. The van der Waals surface area contributed by atoms with E-state index in [-0.39, 0.29) is 11.3 Å². The lowest BCUT2D eigenvalue weighted by atomic mass is 9.66. The van der Waals surface area contributed by atoms with Crippen LogP contribution in [0.3, 0.4) is 0 Å². The van der Waals surface area contributed by atoms with E-state index in [9.17, 15) is 4.79 Å². The van der Waals surface area contributed by atoms with E-state index >= 15 is 0 Å². The Hall–Kier alpha value is -1.49. The summed E-state index contributed by atoms with van der Waals surface area (Å²) in [6, 6.07) is 1.79. The molecule has 0 bridgehead atoms. The topological polar surface area (TPSA) is 80.9 Å². The van der Waals surface area contributed by atoms with Crippen molar-refractivity contribution in [1.82, 2.24) is 15.3 Å². The van der Waals surface area contributed by atoms with Crippen LogP contribution in [0.1, 0.15) is 31.4 Å². The molecule has 5 nitrogen and oxygen atoms in total. The third kappa shape index (κ3) is 3.00. The average molecular weight is 234 g/mol. The molecule has 5 heteroatoms. The molecule has 0 unspecified atom stereocenters. The third-order valence-electron chi connectivity index (χ3n) is 3.49. The Morgan fingerprint density at radius 3 is 2.88 bits per heavy atom. The lowest BCUT2D eigenvalue weighted by Crippen LogP contribution is -2.41. The number of nitrogens with two attached hydrogens (primary N) is 1. The van der Waals surface area contributed by atoms with Gasteiger partial charge in [-0.05, 0) is 30.9 Å². The number of rotatable bonds is 5. The van der Waals surface area contributed by atoms with Gasteiger partial charge in [0.15, 0.2) is 0 Å². The maximum Gasteiger partial charge on any atom is 0.220 e. The minimum Gasteiger partial charge on any atom is -0.350 e. The highest BCUT2D eigenvalue weighted by molar-refractivity contribution is 5.76. The van der Waals surface area contributed by atoms with Crippen molar-refractivity contribution < 1.29 is 4.79 Å². The zero-order valence-electron chi connectivity index (χ0n) is 9.85. The Morgan fingerprint density at radius 1 is 1.53 bits per heavy atom. The summed E-state index contributed by atoms with van der Waals surface area (Å²) >= 11 is 0. The van der Waals surface area contributed by atoms with E-state index < -0.39 is 0 Å². The molecule has 17 heavy (non-hydrogen) atoms. The fourth-order valence-corrected chi connectivity index (χ4v) is 2.14. The van der Waals surface area contributed by atoms with Gasteiger partial charge in [-0.1, -0.05) is 6.42 Å². The highest BCUT2D eigenvalue weighted by Crippen LogP contribution is 2.42. The molecular weight excluding hydrogens is 216 g/mol. The average Bonchev–Trinajstić information content (AvgIpc) is 2.33. The summed E-state index contributed by atoms with van der Waals surface area (Å²) in [6.07, 6.45) is 7.02. The van der Waals surface area contributed by atoms with Crippen LogP contribution in [-0.2, 0) is 11.3 Å². The van der Waals surface area contributed by atoms with Crippen molar-refractivity contribution in [3.05, 3.63) is 24.3 Å². The lowest BCUT2D eigenvalue weighted by molar-refractivity contribution is -0.124. The van der Waals surface area contributed by atoms with Gasteiger partial charge in [-0.25, -0.2) is 9.97 Å². The largest absolute Gasteiger partial charge is 0.350 e. The fourth-order valence-electron chi connectivity index (χ4n) is 2.14. The first kappa shape index (κ1) is 12.0. The van der Waals surface area contributed by atoms with Gasteiger partial charge in [-0.2, -0.15) is 0 Å².